The number of hydrogen-bond acceptors (Lipinski definition) is 2. The maximum Gasteiger partial charge on any atom is 0.416 e. The van der Waals surface area contributed by atoms with Gasteiger partial charge in [-0.1, -0.05) is 13.8 Å². The highest BCUT2D eigenvalue weighted by atomic mass is 19.4. The number of aliphatic carboxylic acids is 1. The van der Waals surface area contributed by atoms with Gasteiger partial charge in [0.1, 0.15) is 5.75 Å². The molecule has 2 atom stereocenters. The van der Waals surface area contributed by atoms with Crippen molar-refractivity contribution in [1.29, 1.82) is 0 Å². The van der Waals surface area contributed by atoms with Crippen LogP contribution in [0, 0.1) is 11.3 Å². The summed E-state index contributed by atoms with van der Waals surface area (Å²) in [7, 11) is 1.36. The van der Waals surface area contributed by atoms with Crippen molar-refractivity contribution in [3.8, 4) is 5.75 Å². The van der Waals surface area contributed by atoms with Crippen LogP contribution in [0.3, 0.4) is 0 Å². The Labute approximate surface area is 114 Å². The van der Waals surface area contributed by atoms with Crippen LogP contribution in [-0.2, 0) is 11.0 Å². The maximum atomic E-state index is 12.8. The van der Waals surface area contributed by atoms with E-state index in [1.165, 1.54) is 13.2 Å². The van der Waals surface area contributed by atoms with Crippen LogP contribution in [0.15, 0.2) is 18.2 Å². The van der Waals surface area contributed by atoms with Crippen LogP contribution >= 0.6 is 0 Å². The minimum absolute atomic E-state index is 0.292. The number of rotatable bonds is 3. The van der Waals surface area contributed by atoms with Crippen LogP contribution in [0.2, 0.25) is 0 Å². The number of carboxylic acid groups (broad SMARTS) is 1. The van der Waals surface area contributed by atoms with E-state index in [1.54, 1.807) is 13.8 Å². The molecule has 0 bridgehead atoms. The highest BCUT2D eigenvalue weighted by Gasteiger charge is 2.63. The Bertz CT molecular complexity index is 549. The van der Waals surface area contributed by atoms with Crippen LogP contribution in [0.1, 0.15) is 30.9 Å². The van der Waals surface area contributed by atoms with E-state index in [0.29, 0.717) is 11.3 Å². The molecule has 0 unspecified atom stereocenters. The van der Waals surface area contributed by atoms with Gasteiger partial charge in [0.05, 0.1) is 18.6 Å². The predicted molar refractivity (Wildman–Crippen MR) is 65.6 cm³/mol. The van der Waals surface area contributed by atoms with E-state index >= 15 is 0 Å². The van der Waals surface area contributed by atoms with Crippen molar-refractivity contribution in [2.45, 2.75) is 25.9 Å². The van der Waals surface area contributed by atoms with Gasteiger partial charge in [0, 0.05) is 5.92 Å². The third kappa shape index (κ3) is 2.23. The van der Waals surface area contributed by atoms with Crippen LogP contribution in [0.4, 0.5) is 13.2 Å². The van der Waals surface area contributed by atoms with E-state index in [2.05, 4.69) is 0 Å². The summed E-state index contributed by atoms with van der Waals surface area (Å²) < 4.78 is 43.4. The van der Waals surface area contributed by atoms with Crippen molar-refractivity contribution >= 4 is 5.97 Å². The van der Waals surface area contributed by atoms with Crippen LogP contribution in [0.5, 0.6) is 5.75 Å². The maximum absolute atomic E-state index is 12.8. The lowest BCUT2D eigenvalue weighted by molar-refractivity contribution is -0.139. The predicted octanol–water partition coefficient (Wildman–Crippen LogP) is 3.54. The van der Waals surface area contributed by atoms with E-state index in [-0.39, 0.29) is 0 Å². The van der Waals surface area contributed by atoms with Crippen LogP contribution in [-0.4, -0.2) is 18.2 Å². The fraction of sp³-hybridized carbons (Fsp3) is 0.500. The molecule has 0 aromatic heterocycles. The smallest absolute Gasteiger partial charge is 0.416 e. The van der Waals surface area contributed by atoms with Gasteiger partial charge in [0.15, 0.2) is 0 Å². The molecule has 1 aromatic carbocycles. The van der Waals surface area contributed by atoms with Gasteiger partial charge in [0.2, 0.25) is 0 Å². The number of carbonyl (C=O) groups is 1. The molecule has 6 heteroatoms. The molecule has 0 radical (unpaired) electrons. The molecule has 110 valence electrons. The first-order valence-corrected chi connectivity index (χ1v) is 6.08. The van der Waals surface area contributed by atoms with Crippen molar-refractivity contribution in [1.82, 2.24) is 0 Å². The van der Waals surface area contributed by atoms with Crippen molar-refractivity contribution in [2.24, 2.45) is 11.3 Å². The Kier molecular flexibility index (Phi) is 3.23. The monoisotopic (exact) mass is 288 g/mol. The summed E-state index contributed by atoms with van der Waals surface area (Å²) in [6, 6.07) is 3.17. The molecule has 0 saturated heterocycles. The summed E-state index contributed by atoms with van der Waals surface area (Å²) in [6.07, 6.45) is -4.46. The van der Waals surface area contributed by atoms with E-state index in [4.69, 9.17) is 9.84 Å². The van der Waals surface area contributed by atoms with Gasteiger partial charge in [-0.3, -0.25) is 4.79 Å². The Morgan fingerprint density at radius 3 is 2.35 bits per heavy atom. The second kappa shape index (κ2) is 4.40. The average molecular weight is 288 g/mol. The first-order chi connectivity index (χ1) is 9.10. The summed E-state index contributed by atoms with van der Waals surface area (Å²) in [5.41, 5.74) is -1.07. The SMILES string of the molecule is COc1ccc(C(F)(F)F)cc1[C@@H]1[C@@H](C(=O)O)C1(C)C. The van der Waals surface area contributed by atoms with Crippen molar-refractivity contribution in [2.75, 3.05) is 7.11 Å². The fourth-order valence-electron chi connectivity index (χ4n) is 2.83. The molecule has 1 saturated carbocycles. The van der Waals surface area contributed by atoms with E-state index in [9.17, 15) is 18.0 Å². The van der Waals surface area contributed by atoms with Gasteiger partial charge in [0.25, 0.3) is 0 Å². The van der Waals surface area contributed by atoms with E-state index in [0.717, 1.165) is 12.1 Å². The zero-order chi connectivity index (χ0) is 15.3. The zero-order valence-corrected chi connectivity index (χ0v) is 11.3. The molecule has 1 aliphatic rings. The lowest BCUT2D eigenvalue weighted by atomic mass is 10.00. The summed E-state index contributed by atoms with van der Waals surface area (Å²) in [5, 5.41) is 9.15. The second-order valence-electron chi connectivity index (χ2n) is 5.57. The molecule has 1 aromatic rings. The molecule has 2 rings (SSSR count). The highest BCUT2D eigenvalue weighted by Crippen LogP contribution is 2.66. The summed E-state index contributed by atoms with van der Waals surface area (Å²) >= 11 is 0. The molecule has 1 aliphatic carbocycles. The quantitative estimate of drug-likeness (QED) is 0.925. The van der Waals surface area contributed by atoms with E-state index in [1.807, 2.05) is 0 Å². The highest BCUT2D eigenvalue weighted by molar-refractivity contribution is 5.78. The number of benzene rings is 1. The Balaban J connectivity index is 2.48. The molecular formula is C14H15F3O3. The average Bonchev–Trinajstić information content (AvgIpc) is 2.90. The van der Waals surface area contributed by atoms with Gasteiger partial charge in [-0.15, -0.1) is 0 Å². The van der Waals surface area contributed by atoms with Crippen LogP contribution < -0.4 is 4.74 Å². The third-order valence-corrected chi connectivity index (χ3v) is 3.99. The Morgan fingerprint density at radius 2 is 1.95 bits per heavy atom. The number of carboxylic acids is 1. The molecule has 1 fully saturated rings. The molecule has 0 spiro atoms. The summed E-state index contributed by atoms with van der Waals surface area (Å²) in [5.74, 6) is -1.88. The van der Waals surface area contributed by atoms with Crippen molar-refractivity contribution in [3.63, 3.8) is 0 Å². The number of methoxy groups -OCH3 is 1. The third-order valence-electron chi connectivity index (χ3n) is 3.99. The number of ether oxygens (including phenoxy) is 1. The van der Waals surface area contributed by atoms with E-state index < -0.39 is 35.0 Å². The standard InChI is InChI=1S/C14H15F3O3/c1-13(2)10(11(13)12(18)19)8-6-7(14(15,16)17)4-5-9(8)20-3/h4-6,10-11H,1-3H3,(H,18,19)/t10-,11+/m1/s1. The molecule has 0 heterocycles. The topological polar surface area (TPSA) is 46.5 Å². The van der Waals surface area contributed by atoms with Crippen LogP contribution in [0.25, 0.3) is 0 Å². The lowest BCUT2D eigenvalue weighted by Gasteiger charge is -2.13. The molecule has 0 aliphatic heterocycles. The largest absolute Gasteiger partial charge is 0.496 e. The molecule has 0 amide bonds. The van der Waals surface area contributed by atoms with Gasteiger partial charge in [-0.2, -0.15) is 13.2 Å². The first kappa shape index (κ1) is 14.7. The zero-order valence-electron chi connectivity index (χ0n) is 11.3. The molecular weight excluding hydrogens is 273 g/mol. The summed E-state index contributed by atoms with van der Waals surface area (Å²) in [4.78, 5) is 11.2. The molecule has 1 N–H and O–H groups in total. The van der Waals surface area contributed by atoms with Crippen molar-refractivity contribution < 1.29 is 27.8 Å². The van der Waals surface area contributed by atoms with Gasteiger partial charge in [-0.25, -0.2) is 0 Å². The van der Waals surface area contributed by atoms with Gasteiger partial charge in [-0.05, 0) is 29.2 Å². The van der Waals surface area contributed by atoms with Crippen molar-refractivity contribution in [3.05, 3.63) is 29.3 Å². The molecule has 3 nitrogen and oxygen atoms in total. The fourth-order valence-corrected chi connectivity index (χ4v) is 2.83. The summed E-state index contributed by atoms with van der Waals surface area (Å²) in [6.45, 7) is 3.46. The van der Waals surface area contributed by atoms with Gasteiger partial charge < -0.3 is 9.84 Å². The number of hydrogen-bond donors (Lipinski definition) is 1. The normalized spacial score (nSPS) is 24.3. The number of alkyl halides is 3. The Morgan fingerprint density at radius 1 is 1.35 bits per heavy atom. The minimum atomic E-state index is -4.46. The molecule has 20 heavy (non-hydrogen) atoms. The van der Waals surface area contributed by atoms with Gasteiger partial charge >= 0.3 is 12.1 Å². The number of halogens is 3. The first-order valence-electron chi connectivity index (χ1n) is 6.08. The second-order valence-corrected chi connectivity index (χ2v) is 5.57. The Hall–Kier alpha value is -1.72. The minimum Gasteiger partial charge on any atom is -0.496 e. The lowest BCUT2D eigenvalue weighted by Crippen LogP contribution is -2.07.